The topological polar surface area (TPSA) is 69.7 Å². The summed E-state index contributed by atoms with van der Waals surface area (Å²) in [5.74, 6) is -1.98. The Morgan fingerprint density at radius 3 is 2.56 bits per heavy atom. The van der Waals surface area contributed by atoms with Gasteiger partial charge in [0.1, 0.15) is 0 Å². The van der Waals surface area contributed by atoms with E-state index in [4.69, 9.17) is 0 Å². The van der Waals surface area contributed by atoms with Crippen LogP contribution in [0.15, 0.2) is 48.5 Å². The van der Waals surface area contributed by atoms with Gasteiger partial charge in [-0.05, 0) is 36.2 Å². The SMILES string of the molecule is CCc1cccc(N2C[C@H](C(=O)N(C)CC(=O)Nc3ccccc3C(F)(F)F)CC2=O)c1. The zero-order valence-electron chi connectivity index (χ0n) is 17.8. The lowest BCUT2D eigenvalue weighted by Gasteiger charge is -2.22. The van der Waals surface area contributed by atoms with Gasteiger partial charge in [0.25, 0.3) is 0 Å². The van der Waals surface area contributed by atoms with Gasteiger partial charge in [0, 0.05) is 25.7 Å². The highest BCUT2D eigenvalue weighted by molar-refractivity contribution is 6.01. The number of benzene rings is 2. The van der Waals surface area contributed by atoms with Crippen LogP contribution in [0.5, 0.6) is 0 Å². The average molecular weight is 447 g/mol. The molecule has 3 rings (SSSR count). The molecule has 2 aromatic rings. The smallest absolute Gasteiger partial charge is 0.336 e. The minimum absolute atomic E-state index is 0.0120. The maximum atomic E-state index is 13.1. The summed E-state index contributed by atoms with van der Waals surface area (Å²) in [5.41, 5.74) is 0.448. The van der Waals surface area contributed by atoms with Gasteiger partial charge in [-0.2, -0.15) is 13.2 Å². The molecule has 0 radical (unpaired) electrons. The molecule has 2 aromatic carbocycles. The lowest BCUT2D eigenvalue weighted by molar-refractivity contribution is -0.138. The molecule has 1 N–H and O–H groups in total. The van der Waals surface area contributed by atoms with E-state index in [1.165, 1.54) is 19.2 Å². The molecule has 170 valence electrons. The number of carbonyl (C=O) groups is 3. The molecule has 6 nitrogen and oxygen atoms in total. The lowest BCUT2D eigenvalue weighted by Crippen LogP contribution is -2.39. The maximum Gasteiger partial charge on any atom is 0.418 e. The molecular formula is C23H24F3N3O3. The molecule has 1 fully saturated rings. The van der Waals surface area contributed by atoms with Crippen molar-refractivity contribution < 1.29 is 27.6 Å². The van der Waals surface area contributed by atoms with Crippen LogP contribution in [0, 0.1) is 5.92 Å². The molecule has 0 bridgehead atoms. The summed E-state index contributed by atoms with van der Waals surface area (Å²) in [6.45, 7) is 1.76. The summed E-state index contributed by atoms with van der Waals surface area (Å²) < 4.78 is 39.3. The van der Waals surface area contributed by atoms with Crippen LogP contribution in [0.1, 0.15) is 24.5 Å². The van der Waals surface area contributed by atoms with E-state index in [9.17, 15) is 27.6 Å². The van der Waals surface area contributed by atoms with Gasteiger partial charge in [-0.25, -0.2) is 0 Å². The number of para-hydroxylation sites is 1. The zero-order valence-corrected chi connectivity index (χ0v) is 17.8. The normalized spacial score (nSPS) is 16.2. The molecule has 1 saturated heterocycles. The number of aryl methyl sites for hydroxylation is 1. The van der Waals surface area contributed by atoms with Crippen molar-refractivity contribution in [2.75, 3.05) is 30.4 Å². The van der Waals surface area contributed by atoms with E-state index >= 15 is 0 Å². The summed E-state index contributed by atoms with van der Waals surface area (Å²) in [6.07, 6.45) is -3.79. The summed E-state index contributed by atoms with van der Waals surface area (Å²) in [6, 6.07) is 12.2. The van der Waals surface area contributed by atoms with Crippen LogP contribution in [0.3, 0.4) is 0 Å². The highest BCUT2D eigenvalue weighted by Crippen LogP contribution is 2.34. The number of nitrogens with one attached hydrogen (secondary N) is 1. The highest BCUT2D eigenvalue weighted by atomic mass is 19.4. The lowest BCUT2D eigenvalue weighted by atomic mass is 10.1. The molecule has 1 heterocycles. The van der Waals surface area contributed by atoms with Crippen molar-refractivity contribution in [3.63, 3.8) is 0 Å². The molecule has 0 spiro atoms. The van der Waals surface area contributed by atoms with E-state index in [2.05, 4.69) is 5.32 Å². The molecule has 1 aliphatic rings. The number of nitrogens with zero attached hydrogens (tertiary/aromatic N) is 2. The van der Waals surface area contributed by atoms with Gasteiger partial charge in [-0.3, -0.25) is 14.4 Å². The van der Waals surface area contributed by atoms with Crippen LogP contribution in [0.25, 0.3) is 0 Å². The summed E-state index contributed by atoms with van der Waals surface area (Å²) >= 11 is 0. The maximum absolute atomic E-state index is 13.1. The van der Waals surface area contributed by atoms with Crippen LogP contribution >= 0.6 is 0 Å². The van der Waals surface area contributed by atoms with Gasteiger partial charge in [-0.1, -0.05) is 31.2 Å². The van der Waals surface area contributed by atoms with Crippen molar-refractivity contribution in [1.29, 1.82) is 0 Å². The summed E-state index contributed by atoms with van der Waals surface area (Å²) in [4.78, 5) is 40.2. The molecule has 0 unspecified atom stereocenters. The van der Waals surface area contributed by atoms with E-state index in [-0.39, 0.29) is 24.6 Å². The van der Waals surface area contributed by atoms with Crippen molar-refractivity contribution >= 4 is 29.1 Å². The fourth-order valence-corrected chi connectivity index (χ4v) is 3.70. The molecule has 1 aliphatic heterocycles. The predicted octanol–water partition coefficient (Wildman–Crippen LogP) is 3.72. The fourth-order valence-electron chi connectivity index (χ4n) is 3.70. The van der Waals surface area contributed by atoms with Gasteiger partial charge in [-0.15, -0.1) is 0 Å². The largest absolute Gasteiger partial charge is 0.418 e. The van der Waals surface area contributed by atoms with Gasteiger partial charge < -0.3 is 15.1 Å². The second-order valence-corrected chi connectivity index (χ2v) is 7.71. The molecule has 3 amide bonds. The van der Waals surface area contributed by atoms with Crippen molar-refractivity contribution in [2.45, 2.75) is 25.9 Å². The Kier molecular flexibility index (Phi) is 6.86. The van der Waals surface area contributed by atoms with Crippen molar-refractivity contribution in [3.8, 4) is 0 Å². The number of alkyl halides is 3. The Morgan fingerprint density at radius 1 is 1.16 bits per heavy atom. The van der Waals surface area contributed by atoms with E-state index in [1.54, 1.807) is 11.0 Å². The number of rotatable bonds is 6. The second kappa shape index (κ2) is 9.42. The highest BCUT2D eigenvalue weighted by Gasteiger charge is 2.37. The molecule has 0 aliphatic carbocycles. The van der Waals surface area contributed by atoms with Crippen LogP contribution in [-0.2, 0) is 27.0 Å². The molecule has 1 atom stereocenters. The second-order valence-electron chi connectivity index (χ2n) is 7.71. The van der Waals surface area contributed by atoms with Crippen molar-refractivity contribution in [3.05, 3.63) is 59.7 Å². The van der Waals surface area contributed by atoms with E-state index in [1.807, 2.05) is 25.1 Å². The van der Waals surface area contributed by atoms with Gasteiger partial charge in [0.15, 0.2) is 0 Å². The number of hydrogen-bond acceptors (Lipinski definition) is 3. The van der Waals surface area contributed by atoms with Gasteiger partial charge >= 0.3 is 6.18 Å². The monoisotopic (exact) mass is 447 g/mol. The predicted molar refractivity (Wildman–Crippen MR) is 114 cm³/mol. The first kappa shape index (κ1) is 23.3. The third kappa shape index (κ3) is 5.27. The molecular weight excluding hydrogens is 423 g/mol. The third-order valence-corrected chi connectivity index (χ3v) is 5.37. The summed E-state index contributed by atoms with van der Waals surface area (Å²) in [5, 5.41) is 2.22. The number of halogens is 3. The van der Waals surface area contributed by atoms with E-state index < -0.39 is 36.0 Å². The van der Waals surface area contributed by atoms with Crippen LogP contribution in [0.4, 0.5) is 24.5 Å². The Hall–Kier alpha value is -3.36. The van der Waals surface area contributed by atoms with Gasteiger partial charge in [0.2, 0.25) is 17.7 Å². The Labute approximate surface area is 184 Å². The number of amides is 3. The molecule has 0 aromatic heterocycles. The Morgan fingerprint density at radius 2 is 1.88 bits per heavy atom. The van der Waals surface area contributed by atoms with Gasteiger partial charge in [0.05, 0.1) is 23.7 Å². The first-order valence-electron chi connectivity index (χ1n) is 10.2. The van der Waals surface area contributed by atoms with Crippen molar-refractivity contribution in [2.24, 2.45) is 5.92 Å². The zero-order chi connectivity index (χ0) is 23.5. The standard InChI is InChI=1S/C23H24F3N3O3/c1-3-15-7-6-8-17(11-15)29-13-16(12-21(29)31)22(32)28(2)14-20(30)27-19-10-5-4-9-18(19)23(24,25)26/h4-11,16H,3,12-14H2,1-2H3,(H,27,30)/t16-/m1/s1. The number of carbonyl (C=O) groups excluding carboxylic acids is 3. The number of likely N-dealkylation sites (N-methyl/N-ethyl adjacent to an activating group) is 1. The Bertz CT molecular complexity index is 1020. The minimum Gasteiger partial charge on any atom is -0.336 e. The van der Waals surface area contributed by atoms with Crippen LogP contribution < -0.4 is 10.2 Å². The quantitative estimate of drug-likeness (QED) is 0.734. The number of hydrogen-bond donors (Lipinski definition) is 1. The minimum atomic E-state index is -4.62. The molecule has 32 heavy (non-hydrogen) atoms. The first-order valence-corrected chi connectivity index (χ1v) is 10.2. The fraction of sp³-hybridized carbons (Fsp3) is 0.348. The molecule has 0 saturated carbocycles. The van der Waals surface area contributed by atoms with Crippen LogP contribution in [0.2, 0.25) is 0 Å². The van der Waals surface area contributed by atoms with E-state index in [0.29, 0.717) is 5.69 Å². The third-order valence-electron chi connectivity index (χ3n) is 5.37. The van der Waals surface area contributed by atoms with Crippen molar-refractivity contribution in [1.82, 2.24) is 4.90 Å². The molecule has 9 heteroatoms. The van der Waals surface area contributed by atoms with E-state index in [0.717, 1.165) is 29.0 Å². The summed E-state index contributed by atoms with van der Waals surface area (Å²) in [7, 11) is 1.39. The Balaban J connectivity index is 1.63. The first-order chi connectivity index (χ1) is 15.1. The van der Waals surface area contributed by atoms with Crippen LogP contribution in [-0.4, -0.2) is 42.8 Å². The number of anilines is 2. The average Bonchev–Trinajstić information content (AvgIpc) is 3.14.